The van der Waals surface area contributed by atoms with Crippen LogP contribution in [-0.4, -0.2) is 38.5 Å². The Morgan fingerprint density at radius 1 is 1.26 bits per heavy atom. The van der Waals surface area contributed by atoms with Crippen LogP contribution >= 0.6 is 0 Å². The number of carbonyl (C=O) groups is 2. The predicted molar refractivity (Wildman–Crippen MR) is 79.8 cm³/mol. The first-order valence-corrected chi connectivity index (χ1v) is 6.72. The number of carboxylic acid groups (broad SMARTS) is 2. The fraction of sp³-hybridized carbons (Fsp3) is 0.286. The predicted octanol–water partition coefficient (Wildman–Crippen LogP) is 1.68. The summed E-state index contributed by atoms with van der Waals surface area (Å²) < 4.78 is 0. The molecule has 1 aromatic carbocycles. The van der Waals surface area contributed by atoms with Crippen LogP contribution in [0.1, 0.15) is 24.8 Å². The van der Waals surface area contributed by atoms with Gasteiger partial charge in [-0.3, -0.25) is 14.9 Å². The van der Waals surface area contributed by atoms with Crippen molar-refractivity contribution < 1.29 is 24.7 Å². The molecule has 1 heterocycles. The molecule has 1 aromatic rings. The molecule has 0 amide bonds. The van der Waals surface area contributed by atoms with Crippen LogP contribution in [0, 0.1) is 16.0 Å². The summed E-state index contributed by atoms with van der Waals surface area (Å²) in [4.78, 5) is 33.6. The highest BCUT2D eigenvalue weighted by atomic mass is 16.6. The molecule has 1 aliphatic rings. The molecule has 9 heteroatoms. The van der Waals surface area contributed by atoms with Gasteiger partial charge < -0.3 is 10.2 Å². The maximum absolute atomic E-state index is 11.7. The third kappa shape index (κ3) is 2.93. The number of rotatable bonds is 5. The second-order valence-electron chi connectivity index (χ2n) is 4.84. The van der Waals surface area contributed by atoms with Crippen molar-refractivity contribution in [3.63, 3.8) is 0 Å². The highest BCUT2D eigenvalue weighted by molar-refractivity contribution is 6.39. The lowest BCUT2D eigenvalue weighted by Gasteiger charge is -2.26. The van der Waals surface area contributed by atoms with Gasteiger partial charge in [-0.05, 0) is 6.42 Å². The second-order valence-corrected chi connectivity index (χ2v) is 4.84. The lowest BCUT2D eigenvalue weighted by Crippen LogP contribution is -2.39. The van der Waals surface area contributed by atoms with Gasteiger partial charge in [-0.1, -0.05) is 25.1 Å². The topological polar surface area (TPSA) is 142 Å². The summed E-state index contributed by atoms with van der Waals surface area (Å²) in [5.41, 5.74) is -0.712. The van der Waals surface area contributed by atoms with Gasteiger partial charge in [0.2, 0.25) is 0 Å². The van der Waals surface area contributed by atoms with Crippen LogP contribution in [-0.2, 0) is 9.59 Å². The molecule has 2 rings (SSSR count). The number of nitrogens with zero attached hydrogens (tertiary/aromatic N) is 3. The Bertz CT molecular complexity index is 740. The van der Waals surface area contributed by atoms with Crippen LogP contribution in [0.15, 0.2) is 34.5 Å². The second kappa shape index (κ2) is 6.34. The molecular formula is C14H13N3O6. The van der Waals surface area contributed by atoms with Gasteiger partial charge in [0.05, 0.1) is 16.6 Å². The van der Waals surface area contributed by atoms with Gasteiger partial charge in [-0.25, -0.2) is 4.79 Å². The van der Waals surface area contributed by atoms with E-state index in [0.29, 0.717) is 0 Å². The van der Waals surface area contributed by atoms with E-state index >= 15 is 0 Å². The minimum absolute atomic E-state index is 0.00750. The SMILES string of the molecule is CCC1=NN=C(C(=O)O)C(c2ccccc2[N+](=O)[O-])C1C(=O)O. The summed E-state index contributed by atoms with van der Waals surface area (Å²) in [5, 5.41) is 37.3. The van der Waals surface area contributed by atoms with Gasteiger partial charge in [0.1, 0.15) is 5.92 Å². The van der Waals surface area contributed by atoms with Crippen molar-refractivity contribution >= 4 is 29.0 Å². The molecule has 9 nitrogen and oxygen atoms in total. The van der Waals surface area contributed by atoms with E-state index in [-0.39, 0.29) is 23.4 Å². The van der Waals surface area contributed by atoms with Gasteiger partial charge in [-0.2, -0.15) is 5.10 Å². The quantitative estimate of drug-likeness (QED) is 0.624. The number of hydrogen-bond acceptors (Lipinski definition) is 6. The fourth-order valence-corrected chi connectivity index (χ4v) is 2.59. The van der Waals surface area contributed by atoms with Gasteiger partial charge in [0.25, 0.3) is 5.69 Å². The number of nitro benzene ring substituents is 1. The zero-order valence-corrected chi connectivity index (χ0v) is 12.0. The summed E-state index contributed by atoms with van der Waals surface area (Å²) in [6.07, 6.45) is 0.241. The number of benzene rings is 1. The molecule has 0 aliphatic carbocycles. The van der Waals surface area contributed by atoms with Crippen molar-refractivity contribution in [2.45, 2.75) is 19.3 Å². The largest absolute Gasteiger partial charge is 0.481 e. The summed E-state index contributed by atoms with van der Waals surface area (Å²) in [6.45, 7) is 1.66. The highest BCUT2D eigenvalue weighted by Gasteiger charge is 2.44. The van der Waals surface area contributed by atoms with Crippen LogP contribution in [0.2, 0.25) is 0 Å². The van der Waals surface area contributed by atoms with Crippen LogP contribution in [0.4, 0.5) is 5.69 Å². The Labute approximate surface area is 130 Å². The van der Waals surface area contributed by atoms with E-state index in [1.807, 2.05) is 0 Å². The van der Waals surface area contributed by atoms with Crippen molar-refractivity contribution in [3.05, 3.63) is 39.9 Å². The van der Waals surface area contributed by atoms with Gasteiger partial charge >= 0.3 is 11.9 Å². The summed E-state index contributed by atoms with van der Waals surface area (Å²) in [5.74, 6) is -5.36. The number of carboxylic acids is 2. The van der Waals surface area contributed by atoms with E-state index in [9.17, 15) is 29.9 Å². The summed E-state index contributed by atoms with van der Waals surface area (Å²) in [7, 11) is 0. The first-order chi connectivity index (χ1) is 10.9. The maximum Gasteiger partial charge on any atom is 0.352 e. The number of nitro groups is 1. The van der Waals surface area contributed by atoms with Crippen LogP contribution in [0.5, 0.6) is 0 Å². The third-order valence-electron chi connectivity index (χ3n) is 3.59. The lowest BCUT2D eigenvalue weighted by atomic mass is 9.77. The van der Waals surface area contributed by atoms with Crippen LogP contribution in [0.25, 0.3) is 0 Å². The molecule has 120 valence electrons. The summed E-state index contributed by atoms with van der Waals surface area (Å²) in [6, 6.07) is 5.45. The number of aliphatic carboxylic acids is 2. The molecule has 0 fully saturated rings. The normalized spacial score (nSPS) is 20.4. The smallest absolute Gasteiger partial charge is 0.352 e. The molecule has 0 spiro atoms. The lowest BCUT2D eigenvalue weighted by molar-refractivity contribution is -0.385. The Hall–Kier alpha value is -3.10. The maximum atomic E-state index is 11.7. The molecule has 0 radical (unpaired) electrons. The minimum Gasteiger partial charge on any atom is -0.481 e. The Balaban J connectivity index is 2.71. The Kier molecular flexibility index (Phi) is 4.49. The highest BCUT2D eigenvalue weighted by Crippen LogP contribution is 2.36. The zero-order valence-electron chi connectivity index (χ0n) is 12.0. The Morgan fingerprint density at radius 2 is 1.91 bits per heavy atom. The van der Waals surface area contributed by atoms with Gasteiger partial charge in [0, 0.05) is 11.6 Å². The first-order valence-electron chi connectivity index (χ1n) is 6.72. The van der Waals surface area contributed by atoms with Crippen molar-refractivity contribution in [2.75, 3.05) is 0 Å². The molecule has 0 saturated heterocycles. The van der Waals surface area contributed by atoms with E-state index < -0.39 is 34.4 Å². The van der Waals surface area contributed by atoms with E-state index in [2.05, 4.69) is 10.2 Å². The molecule has 1 aliphatic heterocycles. The molecule has 0 bridgehead atoms. The average molecular weight is 319 g/mol. The van der Waals surface area contributed by atoms with Crippen molar-refractivity contribution in [3.8, 4) is 0 Å². The third-order valence-corrected chi connectivity index (χ3v) is 3.59. The van der Waals surface area contributed by atoms with E-state index in [1.165, 1.54) is 24.3 Å². The van der Waals surface area contributed by atoms with Crippen molar-refractivity contribution in [1.82, 2.24) is 0 Å². The van der Waals surface area contributed by atoms with E-state index in [1.54, 1.807) is 6.92 Å². The molecule has 2 N–H and O–H groups in total. The molecule has 23 heavy (non-hydrogen) atoms. The first kappa shape index (κ1) is 16.3. The van der Waals surface area contributed by atoms with Crippen molar-refractivity contribution in [2.24, 2.45) is 16.1 Å². The van der Waals surface area contributed by atoms with Crippen molar-refractivity contribution in [1.29, 1.82) is 0 Å². The standard InChI is InChI=1S/C14H13N3O6/c1-2-8-11(13(18)19)10(12(14(20)21)16-15-8)7-5-3-4-6-9(7)17(22)23/h3-6,10-11H,2H2,1H3,(H,18,19)(H,20,21). The zero-order chi connectivity index (χ0) is 17.1. The monoisotopic (exact) mass is 319 g/mol. The summed E-state index contributed by atoms with van der Waals surface area (Å²) >= 11 is 0. The molecule has 0 saturated carbocycles. The van der Waals surface area contributed by atoms with Crippen LogP contribution < -0.4 is 0 Å². The Morgan fingerprint density at radius 3 is 2.43 bits per heavy atom. The molecular weight excluding hydrogens is 306 g/mol. The van der Waals surface area contributed by atoms with Crippen LogP contribution in [0.3, 0.4) is 0 Å². The fourth-order valence-electron chi connectivity index (χ4n) is 2.59. The average Bonchev–Trinajstić information content (AvgIpc) is 2.52. The van der Waals surface area contributed by atoms with E-state index in [0.717, 1.165) is 0 Å². The van der Waals surface area contributed by atoms with Gasteiger partial charge in [-0.15, -0.1) is 5.10 Å². The number of para-hydroxylation sites is 1. The molecule has 0 aromatic heterocycles. The molecule has 2 atom stereocenters. The number of hydrogen-bond donors (Lipinski definition) is 2. The molecule has 2 unspecified atom stereocenters. The van der Waals surface area contributed by atoms with E-state index in [4.69, 9.17) is 0 Å². The van der Waals surface area contributed by atoms with Gasteiger partial charge in [0.15, 0.2) is 5.71 Å². The minimum atomic E-state index is -1.46.